The van der Waals surface area contributed by atoms with Gasteiger partial charge in [0.05, 0.1) is 0 Å². The Labute approximate surface area is 139 Å². The average molecular weight is 313 g/mol. The largest absolute Gasteiger partial charge is 0.338 e. The third-order valence-electron chi connectivity index (χ3n) is 4.15. The average Bonchev–Trinajstić information content (AvgIpc) is 2.51. The predicted molar refractivity (Wildman–Crippen MR) is 97.4 cm³/mol. The smallest absolute Gasteiger partial charge is 0.314 e. The molecule has 22 heavy (non-hydrogen) atoms. The van der Waals surface area contributed by atoms with Gasteiger partial charge in [0.2, 0.25) is 0 Å². The lowest BCUT2D eigenvalue weighted by Gasteiger charge is -2.05. The Balaban J connectivity index is 3.01. The second kappa shape index (κ2) is 18.3. The van der Waals surface area contributed by atoms with Crippen LogP contribution in [-0.2, 0) is 0 Å². The molecule has 0 spiro atoms. The minimum absolute atomic E-state index is 0.0304. The van der Waals surface area contributed by atoms with Gasteiger partial charge in [0.1, 0.15) is 0 Å². The lowest BCUT2D eigenvalue weighted by molar-refractivity contribution is 0.241. The van der Waals surface area contributed by atoms with Crippen molar-refractivity contribution < 1.29 is 4.79 Å². The molecule has 0 aromatic heterocycles. The molecule has 3 heteroatoms. The first kappa shape index (κ1) is 21.3. The van der Waals surface area contributed by atoms with Crippen molar-refractivity contribution in [2.45, 2.75) is 104 Å². The van der Waals surface area contributed by atoms with E-state index in [4.69, 9.17) is 0 Å². The van der Waals surface area contributed by atoms with Crippen molar-refractivity contribution in [2.75, 3.05) is 13.1 Å². The molecule has 0 aliphatic heterocycles. The van der Waals surface area contributed by atoms with Crippen LogP contribution >= 0.6 is 0 Å². The van der Waals surface area contributed by atoms with Crippen LogP contribution in [0.3, 0.4) is 0 Å². The van der Waals surface area contributed by atoms with E-state index in [0.717, 1.165) is 13.0 Å². The summed E-state index contributed by atoms with van der Waals surface area (Å²) in [6.45, 7) is 5.72. The Kier molecular flexibility index (Phi) is 17.7. The van der Waals surface area contributed by atoms with Gasteiger partial charge < -0.3 is 10.6 Å². The molecule has 0 heterocycles. The SMILES string of the molecule is CCCCCCCCCCCCCCCCNC(=O)NCC. The van der Waals surface area contributed by atoms with E-state index < -0.39 is 0 Å². The summed E-state index contributed by atoms with van der Waals surface area (Å²) in [5.74, 6) is 0. The molecule has 0 aromatic rings. The lowest BCUT2D eigenvalue weighted by Crippen LogP contribution is -2.35. The fourth-order valence-electron chi connectivity index (χ4n) is 2.74. The van der Waals surface area contributed by atoms with Gasteiger partial charge in [0.15, 0.2) is 0 Å². The zero-order valence-electron chi connectivity index (χ0n) is 15.2. The minimum atomic E-state index is -0.0304. The Bertz CT molecular complexity index is 231. The maximum Gasteiger partial charge on any atom is 0.314 e. The third-order valence-corrected chi connectivity index (χ3v) is 4.15. The zero-order valence-corrected chi connectivity index (χ0v) is 15.2. The molecule has 0 aromatic carbocycles. The maximum atomic E-state index is 11.2. The van der Waals surface area contributed by atoms with Crippen LogP contribution < -0.4 is 10.6 Å². The van der Waals surface area contributed by atoms with Crippen LogP contribution in [0.4, 0.5) is 4.79 Å². The van der Waals surface area contributed by atoms with Crippen LogP contribution in [0.1, 0.15) is 104 Å². The van der Waals surface area contributed by atoms with Crippen LogP contribution in [0, 0.1) is 0 Å². The van der Waals surface area contributed by atoms with Gasteiger partial charge in [-0.1, -0.05) is 90.4 Å². The molecule has 0 radical (unpaired) electrons. The highest BCUT2D eigenvalue weighted by molar-refractivity contribution is 5.73. The predicted octanol–water partition coefficient (Wildman–Crippen LogP) is 5.79. The molecule has 0 aliphatic carbocycles. The maximum absolute atomic E-state index is 11.2. The number of rotatable bonds is 16. The normalized spacial score (nSPS) is 10.6. The van der Waals surface area contributed by atoms with E-state index in [1.807, 2.05) is 6.92 Å². The molecule has 0 bridgehead atoms. The molecule has 0 rings (SSSR count). The number of urea groups is 1. The molecule has 0 fully saturated rings. The Morgan fingerprint density at radius 3 is 1.41 bits per heavy atom. The van der Waals surface area contributed by atoms with Crippen LogP contribution in [0.15, 0.2) is 0 Å². The summed E-state index contributed by atoms with van der Waals surface area (Å²) in [6.07, 6.45) is 19.2. The molecule has 2 amide bonds. The Hall–Kier alpha value is -0.730. The van der Waals surface area contributed by atoms with Crippen molar-refractivity contribution in [3.05, 3.63) is 0 Å². The molecular weight excluding hydrogens is 272 g/mol. The molecule has 0 saturated heterocycles. The second-order valence-electron chi connectivity index (χ2n) is 6.38. The third kappa shape index (κ3) is 17.3. The fraction of sp³-hybridized carbons (Fsp3) is 0.947. The molecule has 0 aliphatic rings. The van der Waals surface area contributed by atoms with Gasteiger partial charge in [-0.15, -0.1) is 0 Å². The van der Waals surface area contributed by atoms with E-state index in [-0.39, 0.29) is 6.03 Å². The Morgan fingerprint density at radius 1 is 0.591 bits per heavy atom. The number of unbranched alkanes of at least 4 members (excludes halogenated alkanes) is 13. The standard InChI is InChI=1S/C19H40N2O/c1-3-5-6-7-8-9-10-11-12-13-14-15-16-17-18-21-19(22)20-4-2/h3-18H2,1-2H3,(H2,20,21,22). The molecule has 0 saturated carbocycles. The summed E-state index contributed by atoms with van der Waals surface area (Å²) < 4.78 is 0. The summed E-state index contributed by atoms with van der Waals surface area (Å²) in [6, 6.07) is -0.0304. The topological polar surface area (TPSA) is 41.1 Å². The first-order chi connectivity index (χ1) is 10.8. The van der Waals surface area contributed by atoms with Crippen molar-refractivity contribution in [1.82, 2.24) is 10.6 Å². The van der Waals surface area contributed by atoms with Gasteiger partial charge in [-0.3, -0.25) is 0 Å². The molecule has 2 N–H and O–H groups in total. The van der Waals surface area contributed by atoms with Gasteiger partial charge in [0, 0.05) is 13.1 Å². The fourth-order valence-corrected chi connectivity index (χ4v) is 2.74. The van der Waals surface area contributed by atoms with Gasteiger partial charge in [0.25, 0.3) is 0 Å². The minimum Gasteiger partial charge on any atom is -0.338 e. The monoisotopic (exact) mass is 312 g/mol. The van der Waals surface area contributed by atoms with E-state index in [1.54, 1.807) is 0 Å². The van der Waals surface area contributed by atoms with Crippen LogP contribution in [0.5, 0.6) is 0 Å². The molecule has 0 atom stereocenters. The summed E-state index contributed by atoms with van der Waals surface area (Å²) >= 11 is 0. The van der Waals surface area contributed by atoms with Crippen molar-refractivity contribution in [1.29, 1.82) is 0 Å². The van der Waals surface area contributed by atoms with E-state index in [0.29, 0.717) is 6.54 Å². The van der Waals surface area contributed by atoms with Crippen molar-refractivity contribution in [2.24, 2.45) is 0 Å². The van der Waals surface area contributed by atoms with Crippen molar-refractivity contribution in [3.63, 3.8) is 0 Å². The molecule has 132 valence electrons. The zero-order chi connectivity index (χ0) is 16.3. The molecule has 0 unspecified atom stereocenters. The second-order valence-corrected chi connectivity index (χ2v) is 6.38. The quantitative estimate of drug-likeness (QED) is 0.348. The van der Waals surface area contributed by atoms with Crippen molar-refractivity contribution in [3.8, 4) is 0 Å². The van der Waals surface area contributed by atoms with Crippen LogP contribution in [-0.4, -0.2) is 19.1 Å². The highest BCUT2D eigenvalue weighted by atomic mass is 16.2. The Morgan fingerprint density at radius 2 is 1.00 bits per heavy atom. The van der Waals surface area contributed by atoms with Crippen LogP contribution in [0.2, 0.25) is 0 Å². The molecule has 3 nitrogen and oxygen atoms in total. The van der Waals surface area contributed by atoms with Crippen LogP contribution in [0.25, 0.3) is 0 Å². The summed E-state index contributed by atoms with van der Waals surface area (Å²) in [4.78, 5) is 11.2. The lowest BCUT2D eigenvalue weighted by atomic mass is 10.0. The van der Waals surface area contributed by atoms with E-state index in [9.17, 15) is 4.79 Å². The first-order valence-electron chi connectivity index (χ1n) is 9.83. The number of carbonyl (C=O) groups is 1. The van der Waals surface area contributed by atoms with Gasteiger partial charge in [-0.2, -0.15) is 0 Å². The van der Waals surface area contributed by atoms with E-state index >= 15 is 0 Å². The highest BCUT2D eigenvalue weighted by Crippen LogP contribution is 2.12. The summed E-state index contributed by atoms with van der Waals surface area (Å²) in [5.41, 5.74) is 0. The van der Waals surface area contributed by atoms with Crippen molar-refractivity contribution >= 4 is 6.03 Å². The number of hydrogen-bond acceptors (Lipinski definition) is 1. The number of hydrogen-bond donors (Lipinski definition) is 2. The van der Waals surface area contributed by atoms with E-state index in [2.05, 4.69) is 17.6 Å². The van der Waals surface area contributed by atoms with E-state index in [1.165, 1.54) is 83.5 Å². The number of carbonyl (C=O) groups excluding carboxylic acids is 1. The molecular formula is C19H40N2O. The number of nitrogens with one attached hydrogen (secondary N) is 2. The van der Waals surface area contributed by atoms with Gasteiger partial charge in [-0.05, 0) is 13.3 Å². The first-order valence-corrected chi connectivity index (χ1v) is 9.83. The van der Waals surface area contributed by atoms with Gasteiger partial charge in [-0.25, -0.2) is 4.79 Å². The summed E-state index contributed by atoms with van der Waals surface area (Å²) in [7, 11) is 0. The highest BCUT2D eigenvalue weighted by Gasteiger charge is 1.96. The van der Waals surface area contributed by atoms with Gasteiger partial charge >= 0.3 is 6.03 Å². The number of amides is 2. The summed E-state index contributed by atoms with van der Waals surface area (Å²) in [5, 5.41) is 5.62.